The molecule has 3 atom stereocenters. The molecular formula is C65H60F9IN8O6. The van der Waals surface area contributed by atoms with Gasteiger partial charge in [-0.15, -0.1) is 39.5 Å². The van der Waals surface area contributed by atoms with Crippen LogP contribution in [0.2, 0.25) is 0 Å². The number of fused-ring (bicyclic) bond motifs is 3. The highest BCUT2D eigenvalue weighted by atomic mass is 127. The number of nitriles is 1. The van der Waals surface area contributed by atoms with Crippen molar-refractivity contribution in [2.75, 3.05) is 19.6 Å². The maximum atomic E-state index is 12.8. The molecule has 11 rings (SSSR count). The highest BCUT2D eigenvalue weighted by Crippen LogP contribution is 2.44. The van der Waals surface area contributed by atoms with Crippen LogP contribution in [-0.4, -0.2) is 70.1 Å². The fourth-order valence-electron chi connectivity index (χ4n) is 11.1. The van der Waals surface area contributed by atoms with Gasteiger partial charge in [-0.05, 0) is 140 Å². The molecule has 0 saturated heterocycles. The van der Waals surface area contributed by atoms with Gasteiger partial charge in [0.05, 0.1) is 44.8 Å². The summed E-state index contributed by atoms with van der Waals surface area (Å²) in [4.78, 5) is 37.6. The van der Waals surface area contributed by atoms with Gasteiger partial charge in [0.2, 0.25) is 0 Å². The van der Waals surface area contributed by atoms with Crippen molar-refractivity contribution in [2.24, 2.45) is 23.5 Å². The summed E-state index contributed by atoms with van der Waals surface area (Å²) in [5.74, 6) is -0.862. The number of alkyl halides is 9. The summed E-state index contributed by atoms with van der Waals surface area (Å²) >= 11 is 2.14. The van der Waals surface area contributed by atoms with Crippen LogP contribution in [0.1, 0.15) is 102 Å². The number of nitrogens with one attached hydrogen (secondary N) is 3. The predicted octanol–water partition coefficient (Wildman–Crippen LogP) is 15.3. The number of amides is 3. The Morgan fingerprint density at radius 2 is 0.820 bits per heavy atom. The minimum absolute atomic E-state index is 0.00440. The summed E-state index contributed by atoms with van der Waals surface area (Å²) in [6, 6.07) is 39.2. The van der Waals surface area contributed by atoms with E-state index in [1.165, 1.54) is 54.6 Å². The Labute approximate surface area is 519 Å². The lowest BCUT2D eigenvalue weighted by atomic mass is 9.98. The maximum Gasteiger partial charge on any atom is 0.573 e. The van der Waals surface area contributed by atoms with Crippen LogP contribution in [0.5, 0.6) is 17.2 Å². The van der Waals surface area contributed by atoms with Gasteiger partial charge >= 0.3 is 19.1 Å². The SMILES string of the molecule is CC(C)[C@H]1CNC(=O)c2cc(-c3cccc(OC(F)(F)F)c3)c(-c3ccc(C#N)cc3)n21.CC(C)[C@H]1CNC(=O)c2cc(-c3cccc(OC(F)(F)F)c3)c(-c3ccc(CN)cc3)n21.CC(C)[C@H]1CNC(=O)c2cc(-c3cccc(OC(F)(F)F)c3)c(I)n21. The van der Waals surface area contributed by atoms with Crippen LogP contribution < -0.4 is 35.9 Å². The summed E-state index contributed by atoms with van der Waals surface area (Å²) in [7, 11) is 0. The minimum atomic E-state index is -4.81. The van der Waals surface area contributed by atoms with Crippen LogP contribution >= 0.6 is 22.6 Å². The molecule has 14 nitrogen and oxygen atoms in total. The van der Waals surface area contributed by atoms with Crippen molar-refractivity contribution in [1.82, 2.24) is 29.7 Å². The third-order valence-electron chi connectivity index (χ3n) is 15.4. The Bertz CT molecular complexity index is 3950. The largest absolute Gasteiger partial charge is 0.573 e. The molecule has 0 saturated carbocycles. The first kappa shape index (κ1) is 64.8. The number of carbonyl (C=O) groups is 3. The summed E-state index contributed by atoms with van der Waals surface area (Å²) < 4.78 is 133. The second kappa shape index (κ2) is 26.2. The molecule has 0 radical (unpaired) electrons. The Balaban J connectivity index is 0.000000160. The molecule has 3 aliphatic rings. The van der Waals surface area contributed by atoms with E-state index in [2.05, 4.69) is 86.5 Å². The zero-order chi connectivity index (χ0) is 64.4. The fraction of sp³-hybridized carbons (Fsp3) is 0.292. The standard InChI is InChI=1S/C24H24F3N3O2.C24H20F3N3O2.C17H16F3IN2O2/c2*1-14(2)21-13-29-23(31)20-11-19(17-4-3-5-18(10-17)32-24(25,26)27)22(30(20)21)16-8-6-15(12-28)7-9-16;1-9(2)14-8-22-16(24)13-7-12(15(21)23(13)14)10-4-3-5-11(6-10)25-17(18,19)20/h3-11,14,21H,12-13,28H2,1-2H3,(H,29,31);3-11,14,21H,13H2,1-2H3,(H,29,31);3-7,9,14H,8H2,1-2H3,(H,22,24)/t2*21-;14-/m111/s1. The average molecular weight is 1350 g/mol. The highest BCUT2D eigenvalue weighted by molar-refractivity contribution is 14.1. The van der Waals surface area contributed by atoms with Crippen molar-refractivity contribution in [2.45, 2.75) is 85.3 Å². The number of nitrogens with two attached hydrogens (primary N) is 1. The van der Waals surface area contributed by atoms with E-state index in [9.17, 15) is 53.9 Å². The monoisotopic (exact) mass is 1350 g/mol. The van der Waals surface area contributed by atoms with E-state index in [1.807, 2.05) is 51.8 Å². The molecule has 0 bridgehead atoms. The Hall–Kier alpha value is -8.70. The topological polar surface area (TPSA) is 180 Å². The molecule has 0 unspecified atom stereocenters. The smallest absolute Gasteiger partial charge is 0.406 e. The third-order valence-corrected chi connectivity index (χ3v) is 16.5. The first-order valence-corrected chi connectivity index (χ1v) is 29.2. The summed E-state index contributed by atoms with van der Waals surface area (Å²) in [6.07, 6.45) is -14.3. The molecule has 6 heterocycles. The number of hydrogen-bond acceptors (Lipinski definition) is 8. The number of rotatable bonds is 12. The lowest BCUT2D eigenvalue weighted by molar-refractivity contribution is -0.275. The molecule has 8 aromatic rings. The van der Waals surface area contributed by atoms with Crippen molar-refractivity contribution in [3.8, 4) is 79.2 Å². The van der Waals surface area contributed by atoms with Gasteiger partial charge in [0, 0.05) is 42.9 Å². The van der Waals surface area contributed by atoms with Crippen LogP contribution in [0, 0.1) is 32.8 Å². The van der Waals surface area contributed by atoms with E-state index in [4.69, 9.17) is 11.0 Å². The van der Waals surface area contributed by atoms with Gasteiger partial charge in [-0.3, -0.25) is 14.4 Å². The average Bonchev–Trinajstić information content (AvgIpc) is 1.69. The first-order chi connectivity index (χ1) is 42.0. The third kappa shape index (κ3) is 14.7. The quantitative estimate of drug-likeness (QED) is 0.0689. The van der Waals surface area contributed by atoms with E-state index in [1.54, 1.807) is 60.7 Å². The zero-order valence-corrected chi connectivity index (χ0v) is 50.8. The minimum Gasteiger partial charge on any atom is -0.406 e. The molecule has 3 aliphatic heterocycles. The van der Waals surface area contributed by atoms with E-state index >= 15 is 0 Å². The van der Waals surface area contributed by atoms with Crippen LogP contribution in [0.3, 0.4) is 0 Å². The molecule has 5 N–H and O–H groups in total. The van der Waals surface area contributed by atoms with Gasteiger partial charge in [0.15, 0.2) is 0 Å². The lowest BCUT2D eigenvalue weighted by Crippen LogP contribution is -2.41. The molecule has 24 heteroatoms. The number of benzene rings is 5. The molecular weight excluding hydrogens is 1290 g/mol. The fourth-order valence-corrected chi connectivity index (χ4v) is 12.2. The van der Waals surface area contributed by atoms with Gasteiger partial charge in [-0.1, -0.05) is 114 Å². The summed E-state index contributed by atoms with van der Waals surface area (Å²) in [6.45, 7) is 14.2. The van der Waals surface area contributed by atoms with E-state index in [0.29, 0.717) is 93.8 Å². The van der Waals surface area contributed by atoms with Crippen LogP contribution in [0.4, 0.5) is 39.5 Å². The van der Waals surface area contributed by atoms with Crippen LogP contribution in [0.25, 0.3) is 55.9 Å². The van der Waals surface area contributed by atoms with Gasteiger partial charge < -0.3 is 49.6 Å². The van der Waals surface area contributed by atoms with Crippen molar-refractivity contribution in [3.63, 3.8) is 0 Å². The summed E-state index contributed by atoms with van der Waals surface area (Å²) in [5, 5.41) is 17.8. The van der Waals surface area contributed by atoms with Crippen LogP contribution in [0.15, 0.2) is 140 Å². The number of ether oxygens (including phenoxy) is 3. The van der Waals surface area contributed by atoms with Crippen molar-refractivity contribution < 1.29 is 68.1 Å². The van der Waals surface area contributed by atoms with Gasteiger partial charge in [-0.2, -0.15) is 5.26 Å². The second-order valence-corrected chi connectivity index (χ2v) is 23.3. The molecule has 0 spiro atoms. The summed E-state index contributed by atoms with van der Waals surface area (Å²) in [5.41, 5.74) is 15.3. The molecule has 5 aromatic carbocycles. The van der Waals surface area contributed by atoms with E-state index in [-0.39, 0.29) is 64.9 Å². The van der Waals surface area contributed by atoms with Crippen molar-refractivity contribution in [1.29, 1.82) is 5.26 Å². The number of aromatic nitrogens is 3. The molecule has 466 valence electrons. The number of halogens is 10. The van der Waals surface area contributed by atoms with Crippen molar-refractivity contribution >= 4 is 40.3 Å². The van der Waals surface area contributed by atoms with Gasteiger partial charge in [-0.25, -0.2) is 0 Å². The lowest BCUT2D eigenvalue weighted by Gasteiger charge is -2.31. The van der Waals surface area contributed by atoms with Crippen molar-refractivity contribution in [3.05, 3.63) is 171 Å². The van der Waals surface area contributed by atoms with Crippen LogP contribution in [-0.2, 0) is 6.54 Å². The van der Waals surface area contributed by atoms with Gasteiger partial charge in [0.1, 0.15) is 34.3 Å². The number of nitrogens with zero attached hydrogens (tertiary/aromatic N) is 4. The number of hydrogen-bond donors (Lipinski definition) is 4. The molecule has 0 fully saturated rings. The Kier molecular flexibility index (Phi) is 19.0. The zero-order valence-electron chi connectivity index (χ0n) is 48.7. The Morgan fingerprint density at radius 1 is 0.494 bits per heavy atom. The Morgan fingerprint density at radius 3 is 1.16 bits per heavy atom. The molecule has 89 heavy (non-hydrogen) atoms. The van der Waals surface area contributed by atoms with E-state index in [0.717, 1.165) is 26.1 Å². The second-order valence-electron chi connectivity index (χ2n) is 22.3. The number of carbonyl (C=O) groups excluding carboxylic acids is 3. The molecule has 3 amide bonds. The first-order valence-electron chi connectivity index (χ1n) is 28.2. The van der Waals surface area contributed by atoms with E-state index < -0.39 is 19.1 Å². The normalized spacial score (nSPS) is 16.3. The molecule has 0 aliphatic carbocycles. The molecule has 3 aromatic heterocycles. The predicted molar refractivity (Wildman–Crippen MR) is 324 cm³/mol. The maximum absolute atomic E-state index is 12.8. The van der Waals surface area contributed by atoms with Gasteiger partial charge in [0.25, 0.3) is 17.7 Å². The highest BCUT2D eigenvalue weighted by Gasteiger charge is 2.38.